The molecule has 0 radical (unpaired) electrons. The van der Waals surface area contributed by atoms with Crippen LogP contribution in [0.3, 0.4) is 0 Å². The Hall–Kier alpha value is -1.69. The number of carbonyl (C=O) groups is 1. The van der Waals surface area contributed by atoms with Gasteiger partial charge in [-0.15, -0.1) is 0 Å². The third-order valence-corrected chi connectivity index (χ3v) is 3.45. The molecule has 1 rings (SSSR count). The summed E-state index contributed by atoms with van der Waals surface area (Å²) in [5, 5.41) is 0. The number of nitrogens with two attached hydrogens (primary N) is 1. The molecule has 6 heteroatoms. The van der Waals surface area contributed by atoms with Gasteiger partial charge in [0.2, 0.25) is 0 Å². The maximum atomic E-state index is 13.6. The summed E-state index contributed by atoms with van der Waals surface area (Å²) < 4.78 is 18.5. The Labute approximate surface area is 123 Å². The highest BCUT2D eigenvalue weighted by molar-refractivity contribution is 7.80. The van der Waals surface area contributed by atoms with E-state index >= 15 is 0 Å². The van der Waals surface area contributed by atoms with E-state index in [0.29, 0.717) is 18.1 Å². The van der Waals surface area contributed by atoms with Crippen LogP contribution in [0.2, 0.25) is 0 Å². The molecular weight excluding hydrogens is 279 g/mol. The SMILES string of the molecule is CCN(CC(C)C(N)=S)C(=O)c1ccc(OC)c(F)c1. The number of amides is 1. The van der Waals surface area contributed by atoms with Crippen molar-refractivity contribution in [2.75, 3.05) is 20.2 Å². The minimum atomic E-state index is -0.559. The number of halogens is 1. The molecule has 0 saturated heterocycles. The Kier molecular flexibility index (Phi) is 5.88. The fourth-order valence-electron chi connectivity index (χ4n) is 1.76. The molecule has 0 aromatic heterocycles. The summed E-state index contributed by atoms with van der Waals surface area (Å²) in [4.78, 5) is 14.3. The van der Waals surface area contributed by atoms with E-state index in [0.717, 1.165) is 0 Å². The van der Waals surface area contributed by atoms with Crippen LogP contribution in [0.4, 0.5) is 4.39 Å². The largest absolute Gasteiger partial charge is 0.494 e. The molecule has 0 spiro atoms. The summed E-state index contributed by atoms with van der Waals surface area (Å²) in [7, 11) is 1.38. The highest BCUT2D eigenvalue weighted by atomic mass is 32.1. The maximum Gasteiger partial charge on any atom is 0.253 e. The summed E-state index contributed by atoms with van der Waals surface area (Å²) in [6.07, 6.45) is 0. The second-order valence-electron chi connectivity index (χ2n) is 4.50. The molecule has 0 bridgehead atoms. The zero-order valence-electron chi connectivity index (χ0n) is 11.9. The molecule has 1 unspecified atom stereocenters. The van der Waals surface area contributed by atoms with Gasteiger partial charge in [-0.1, -0.05) is 19.1 Å². The van der Waals surface area contributed by atoms with Crippen molar-refractivity contribution in [3.63, 3.8) is 0 Å². The molecule has 0 saturated carbocycles. The van der Waals surface area contributed by atoms with Crippen molar-refractivity contribution in [2.45, 2.75) is 13.8 Å². The first-order valence-electron chi connectivity index (χ1n) is 6.32. The lowest BCUT2D eigenvalue weighted by atomic mass is 10.1. The van der Waals surface area contributed by atoms with E-state index in [1.165, 1.54) is 19.2 Å². The highest BCUT2D eigenvalue weighted by Crippen LogP contribution is 2.19. The zero-order valence-corrected chi connectivity index (χ0v) is 12.7. The van der Waals surface area contributed by atoms with Crippen LogP contribution in [0.1, 0.15) is 24.2 Å². The van der Waals surface area contributed by atoms with Crippen LogP contribution in [0.25, 0.3) is 0 Å². The van der Waals surface area contributed by atoms with Crippen molar-refractivity contribution in [3.05, 3.63) is 29.6 Å². The van der Waals surface area contributed by atoms with E-state index in [4.69, 9.17) is 22.7 Å². The van der Waals surface area contributed by atoms with Crippen LogP contribution >= 0.6 is 12.2 Å². The van der Waals surface area contributed by atoms with Crippen molar-refractivity contribution in [1.82, 2.24) is 4.90 Å². The van der Waals surface area contributed by atoms with Gasteiger partial charge in [0.25, 0.3) is 5.91 Å². The first-order chi connectivity index (χ1) is 9.40. The number of methoxy groups -OCH3 is 1. The summed E-state index contributed by atoms with van der Waals surface area (Å²) in [6.45, 7) is 4.62. The van der Waals surface area contributed by atoms with E-state index < -0.39 is 5.82 Å². The first-order valence-corrected chi connectivity index (χ1v) is 6.73. The molecule has 4 nitrogen and oxygen atoms in total. The van der Waals surface area contributed by atoms with E-state index in [9.17, 15) is 9.18 Å². The van der Waals surface area contributed by atoms with Gasteiger partial charge in [0.05, 0.1) is 12.1 Å². The van der Waals surface area contributed by atoms with E-state index in [2.05, 4.69) is 0 Å². The van der Waals surface area contributed by atoms with Crippen molar-refractivity contribution >= 4 is 23.1 Å². The highest BCUT2D eigenvalue weighted by Gasteiger charge is 2.19. The molecule has 0 heterocycles. The number of carbonyl (C=O) groups excluding carboxylic acids is 1. The summed E-state index contributed by atoms with van der Waals surface area (Å²) in [6, 6.07) is 4.15. The average Bonchev–Trinajstić information content (AvgIpc) is 2.43. The zero-order chi connectivity index (χ0) is 15.3. The summed E-state index contributed by atoms with van der Waals surface area (Å²) in [5.41, 5.74) is 5.83. The van der Waals surface area contributed by atoms with Crippen LogP contribution in [0.5, 0.6) is 5.75 Å². The molecule has 1 amide bonds. The Morgan fingerprint density at radius 1 is 1.55 bits per heavy atom. The van der Waals surface area contributed by atoms with Gasteiger partial charge >= 0.3 is 0 Å². The molecule has 0 aliphatic heterocycles. The number of ether oxygens (including phenoxy) is 1. The first kappa shape index (κ1) is 16.4. The van der Waals surface area contributed by atoms with Gasteiger partial charge in [0.1, 0.15) is 0 Å². The predicted octanol–water partition coefficient (Wildman–Crippen LogP) is 2.22. The molecule has 2 N–H and O–H groups in total. The topological polar surface area (TPSA) is 55.6 Å². The van der Waals surface area contributed by atoms with Gasteiger partial charge in [0, 0.05) is 24.6 Å². The second kappa shape index (κ2) is 7.19. The van der Waals surface area contributed by atoms with Crippen molar-refractivity contribution < 1.29 is 13.9 Å². The van der Waals surface area contributed by atoms with Crippen LogP contribution in [0.15, 0.2) is 18.2 Å². The lowest BCUT2D eigenvalue weighted by Crippen LogP contribution is -2.38. The third-order valence-electron chi connectivity index (χ3n) is 3.05. The quantitative estimate of drug-likeness (QED) is 0.818. The van der Waals surface area contributed by atoms with Crippen LogP contribution in [-0.4, -0.2) is 36.0 Å². The lowest BCUT2D eigenvalue weighted by Gasteiger charge is -2.24. The molecule has 20 heavy (non-hydrogen) atoms. The molecule has 0 aliphatic rings. The van der Waals surface area contributed by atoms with Gasteiger partial charge in [0.15, 0.2) is 11.6 Å². The lowest BCUT2D eigenvalue weighted by molar-refractivity contribution is 0.0754. The van der Waals surface area contributed by atoms with E-state index in [1.807, 2.05) is 13.8 Å². The molecule has 1 aromatic carbocycles. The average molecular weight is 298 g/mol. The van der Waals surface area contributed by atoms with Gasteiger partial charge in [-0.05, 0) is 25.1 Å². The standard InChI is InChI=1S/C14H19FN2O2S/c1-4-17(8-9(2)13(16)20)14(18)10-5-6-12(19-3)11(15)7-10/h5-7,9H,4,8H2,1-3H3,(H2,16,20). The number of rotatable bonds is 6. The summed E-state index contributed by atoms with van der Waals surface area (Å²) >= 11 is 4.90. The number of benzene rings is 1. The normalized spacial score (nSPS) is 11.8. The van der Waals surface area contributed by atoms with Gasteiger partial charge in [-0.2, -0.15) is 0 Å². The fourth-order valence-corrected chi connectivity index (χ4v) is 1.83. The maximum absolute atomic E-state index is 13.6. The van der Waals surface area contributed by atoms with Crippen molar-refractivity contribution in [3.8, 4) is 5.75 Å². The molecule has 0 fully saturated rings. The van der Waals surface area contributed by atoms with E-state index in [1.54, 1.807) is 11.0 Å². The third kappa shape index (κ3) is 3.90. The van der Waals surface area contributed by atoms with Gasteiger partial charge < -0.3 is 15.4 Å². The Balaban J connectivity index is 2.91. The second-order valence-corrected chi connectivity index (χ2v) is 4.97. The Bertz CT molecular complexity index is 508. The minimum Gasteiger partial charge on any atom is -0.494 e. The minimum absolute atomic E-state index is 0.0861. The number of thiocarbonyl (C=S) groups is 1. The van der Waals surface area contributed by atoms with Gasteiger partial charge in [-0.25, -0.2) is 4.39 Å². The predicted molar refractivity (Wildman–Crippen MR) is 80.5 cm³/mol. The van der Waals surface area contributed by atoms with Gasteiger partial charge in [-0.3, -0.25) is 4.79 Å². The fraction of sp³-hybridized carbons (Fsp3) is 0.429. The number of hydrogen-bond donors (Lipinski definition) is 1. The molecule has 110 valence electrons. The molecular formula is C14H19FN2O2S. The smallest absolute Gasteiger partial charge is 0.253 e. The Morgan fingerprint density at radius 3 is 2.65 bits per heavy atom. The number of nitrogens with zero attached hydrogens (tertiary/aromatic N) is 1. The van der Waals surface area contributed by atoms with E-state index in [-0.39, 0.29) is 23.1 Å². The van der Waals surface area contributed by atoms with Crippen LogP contribution in [0, 0.1) is 11.7 Å². The van der Waals surface area contributed by atoms with Crippen molar-refractivity contribution in [1.29, 1.82) is 0 Å². The van der Waals surface area contributed by atoms with Crippen molar-refractivity contribution in [2.24, 2.45) is 11.7 Å². The Morgan fingerprint density at radius 2 is 2.20 bits per heavy atom. The summed E-state index contributed by atoms with van der Waals surface area (Å²) in [5.74, 6) is -0.785. The monoisotopic (exact) mass is 298 g/mol. The van der Waals surface area contributed by atoms with Crippen LogP contribution < -0.4 is 10.5 Å². The van der Waals surface area contributed by atoms with Crippen LogP contribution in [-0.2, 0) is 0 Å². The molecule has 1 aromatic rings. The number of hydrogen-bond acceptors (Lipinski definition) is 3. The molecule has 1 atom stereocenters. The molecule has 0 aliphatic carbocycles.